The molecule has 3 nitrogen and oxygen atoms in total. The summed E-state index contributed by atoms with van der Waals surface area (Å²) in [6.45, 7) is 5.36. The van der Waals surface area contributed by atoms with Crippen molar-refractivity contribution in [2.75, 3.05) is 6.61 Å². The Morgan fingerprint density at radius 3 is 2.65 bits per heavy atom. The molecule has 1 aromatic rings. The monoisotopic (exact) mass is 237 g/mol. The lowest BCUT2D eigenvalue weighted by Gasteiger charge is -2.27. The van der Waals surface area contributed by atoms with Crippen LogP contribution in [0.15, 0.2) is 18.2 Å². The average Bonchev–Trinajstić information content (AvgIpc) is 2.27. The number of nitriles is 1. The standard InChI is InChI=1S/C13H16FNO2/c1-9(2)13(3,16)8-17-12-5-4-10(7-15)6-11(12)14/h4-6,9,16H,8H2,1-3H3. The highest BCUT2D eigenvalue weighted by molar-refractivity contribution is 5.36. The van der Waals surface area contributed by atoms with Gasteiger partial charge in [0.25, 0.3) is 0 Å². The Kier molecular flexibility index (Phi) is 4.08. The van der Waals surface area contributed by atoms with Gasteiger partial charge in [0.15, 0.2) is 11.6 Å². The number of aliphatic hydroxyl groups is 1. The van der Waals surface area contributed by atoms with Crippen LogP contribution in [0.4, 0.5) is 4.39 Å². The normalized spacial score (nSPS) is 14.2. The van der Waals surface area contributed by atoms with Crippen molar-refractivity contribution in [3.05, 3.63) is 29.6 Å². The maximum absolute atomic E-state index is 13.5. The van der Waals surface area contributed by atoms with E-state index in [1.165, 1.54) is 12.1 Å². The Labute approximate surface area is 100 Å². The number of ether oxygens (including phenoxy) is 1. The van der Waals surface area contributed by atoms with Crippen LogP contribution < -0.4 is 4.74 Å². The van der Waals surface area contributed by atoms with Crippen molar-refractivity contribution in [3.63, 3.8) is 0 Å². The van der Waals surface area contributed by atoms with Gasteiger partial charge in [-0.25, -0.2) is 4.39 Å². The van der Waals surface area contributed by atoms with Crippen molar-refractivity contribution in [3.8, 4) is 11.8 Å². The minimum atomic E-state index is -1.01. The second-order valence-electron chi connectivity index (χ2n) is 4.56. The van der Waals surface area contributed by atoms with Gasteiger partial charge in [-0.1, -0.05) is 13.8 Å². The van der Waals surface area contributed by atoms with E-state index in [-0.39, 0.29) is 23.8 Å². The van der Waals surface area contributed by atoms with Gasteiger partial charge in [-0.2, -0.15) is 5.26 Å². The third kappa shape index (κ3) is 3.43. The Bertz CT molecular complexity index is 436. The highest BCUT2D eigenvalue weighted by atomic mass is 19.1. The van der Waals surface area contributed by atoms with E-state index in [0.717, 1.165) is 6.07 Å². The highest BCUT2D eigenvalue weighted by Crippen LogP contribution is 2.22. The maximum Gasteiger partial charge on any atom is 0.166 e. The van der Waals surface area contributed by atoms with Crippen molar-refractivity contribution in [2.45, 2.75) is 26.4 Å². The Balaban J connectivity index is 2.74. The van der Waals surface area contributed by atoms with Crippen molar-refractivity contribution < 1.29 is 14.2 Å². The summed E-state index contributed by atoms with van der Waals surface area (Å²) in [6.07, 6.45) is 0. The quantitative estimate of drug-likeness (QED) is 0.875. The molecular formula is C13H16FNO2. The summed E-state index contributed by atoms with van der Waals surface area (Å²) in [6, 6.07) is 5.82. The second kappa shape index (κ2) is 5.15. The van der Waals surface area contributed by atoms with Gasteiger partial charge in [0.1, 0.15) is 6.61 Å². The van der Waals surface area contributed by atoms with Crippen LogP contribution in [0, 0.1) is 23.1 Å². The zero-order valence-electron chi connectivity index (χ0n) is 10.2. The van der Waals surface area contributed by atoms with Gasteiger partial charge in [0, 0.05) is 0 Å². The molecule has 92 valence electrons. The number of rotatable bonds is 4. The van der Waals surface area contributed by atoms with Crippen LogP contribution in [0.25, 0.3) is 0 Å². The summed E-state index contributed by atoms with van der Waals surface area (Å²) in [5.41, 5.74) is -0.772. The third-order valence-corrected chi connectivity index (χ3v) is 2.82. The van der Waals surface area contributed by atoms with Gasteiger partial charge in [-0.3, -0.25) is 0 Å². The van der Waals surface area contributed by atoms with E-state index in [4.69, 9.17) is 10.00 Å². The van der Waals surface area contributed by atoms with E-state index < -0.39 is 11.4 Å². The molecule has 0 amide bonds. The summed E-state index contributed by atoms with van der Waals surface area (Å²) in [5.74, 6) is -0.544. The van der Waals surface area contributed by atoms with Gasteiger partial charge >= 0.3 is 0 Å². The van der Waals surface area contributed by atoms with Crippen molar-refractivity contribution >= 4 is 0 Å². The number of halogens is 1. The Morgan fingerprint density at radius 1 is 1.53 bits per heavy atom. The molecule has 0 bridgehead atoms. The average molecular weight is 237 g/mol. The predicted molar refractivity (Wildman–Crippen MR) is 62.1 cm³/mol. The molecule has 1 atom stereocenters. The Morgan fingerprint density at radius 2 is 2.18 bits per heavy atom. The van der Waals surface area contributed by atoms with Gasteiger partial charge in [0.05, 0.1) is 17.2 Å². The highest BCUT2D eigenvalue weighted by Gasteiger charge is 2.26. The summed E-state index contributed by atoms with van der Waals surface area (Å²) in [5, 5.41) is 18.5. The van der Waals surface area contributed by atoms with E-state index in [1.54, 1.807) is 6.92 Å². The van der Waals surface area contributed by atoms with E-state index in [0.29, 0.717) is 0 Å². The van der Waals surface area contributed by atoms with E-state index >= 15 is 0 Å². The maximum atomic E-state index is 13.5. The summed E-state index contributed by atoms with van der Waals surface area (Å²) in [4.78, 5) is 0. The molecule has 0 radical (unpaired) electrons. The van der Waals surface area contributed by atoms with Gasteiger partial charge < -0.3 is 9.84 Å². The smallest absolute Gasteiger partial charge is 0.166 e. The van der Waals surface area contributed by atoms with Crippen molar-refractivity contribution in [1.82, 2.24) is 0 Å². The molecule has 0 heterocycles. The molecule has 1 N–H and O–H groups in total. The van der Waals surface area contributed by atoms with Crippen LogP contribution >= 0.6 is 0 Å². The van der Waals surface area contributed by atoms with E-state index in [9.17, 15) is 9.50 Å². The first-order chi connectivity index (χ1) is 7.86. The van der Waals surface area contributed by atoms with Gasteiger partial charge in [-0.15, -0.1) is 0 Å². The molecule has 0 fully saturated rings. The molecular weight excluding hydrogens is 221 g/mol. The molecule has 0 spiro atoms. The van der Waals surface area contributed by atoms with Crippen LogP contribution in [-0.4, -0.2) is 17.3 Å². The fraction of sp³-hybridized carbons (Fsp3) is 0.462. The first kappa shape index (κ1) is 13.5. The molecule has 4 heteroatoms. The lowest BCUT2D eigenvalue weighted by Crippen LogP contribution is -2.37. The minimum absolute atomic E-state index is 0.00365. The topological polar surface area (TPSA) is 53.2 Å². The molecule has 0 saturated carbocycles. The molecule has 0 saturated heterocycles. The number of nitrogens with zero attached hydrogens (tertiary/aromatic N) is 1. The second-order valence-corrected chi connectivity index (χ2v) is 4.56. The summed E-state index contributed by atoms with van der Waals surface area (Å²) >= 11 is 0. The summed E-state index contributed by atoms with van der Waals surface area (Å²) < 4.78 is 18.7. The van der Waals surface area contributed by atoms with Crippen LogP contribution in [0.5, 0.6) is 5.75 Å². The van der Waals surface area contributed by atoms with E-state index in [2.05, 4.69) is 0 Å². The molecule has 0 aliphatic rings. The third-order valence-electron chi connectivity index (χ3n) is 2.82. The van der Waals surface area contributed by atoms with Crippen molar-refractivity contribution in [2.24, 2.45) is 5.92 Å². The molecule has 17 heavy (non-hydrogen) atoms. The van der Waals surface area contributed by atoms with Crippen LogP contribution in [0.3, 0.4) is 0 Å². The molecule has 1 unspecified atom stereocenters. The molecule has 0 aromatic heterocycles. The number of hydrogen-bond acceptors (Lipinski definition) is 3. The van der Waals surface area contributed by atoms with Crippen LogP contribution in [-0.2, 0) is 0 Å². The minimum Gasteiger partial charge on any atom is -0.488 e. The number of benzene rings is 1. The van der Waals surface area contributed by atoms with Crippen LogP contribution in [0.1, 0.15) is 26.3 Å². The molecule has 0 aliphatic heterocycles. The summed E-state index contributed by atoms with van der Waals surface area (Å²) in [7, 11) is 0. The van der Waals surface area contributed by atoms with Gasteiger partial charge in [-0.05, 0) is 31.0 Å². The van der Waals surface area contributed by atoms with E-state index in [1.807, 2.05) is 19.9 Å². The first-order valence-corrected chi connectivity index (χ1v) is 5.41. The zero-order valence-corrected chi connectivity index (χ0v) is 10.2. The lowest BCUT2D eigenvalue weighted by molar-refractivity contribution is -0.0275. The van der Waals surface area contributed by atoms with Crippen molar-refractivity contribution in [1.29, 1.82) is 5.26 Å². The van der Waals surface area contributed by atoms with Crippen LogP contribution in [0.2, 0.25) is 0 Å². The fourth-order valence-electron chi connectivity index (χ4n) is 1.08. The molecule has 1 rings (SSSR count). The molecule has 0 aliphatic carbocycles. The number of hydrogen-bond donors (Lipinski definition) is 1. The molecule has 1 aromatic carbocycles. The predicted octanol–water partition coefficient (Wildman–Crippen LogP) is 2.48. The lowest BCUT2D eigenvalue weighted by atomic mass is 9.94. The first-order valence-electron chi connectivity index (χ1n) is 5.41. The Hall–Kier alpha value is -1.60. The van der Waals surface area contributed by atoms with Gasteiger partial charge in [0.2, 0.25) is 0 Å². The SMILES string of the molecule is CC(C)C(C)(O)COc1ccc(C#N)cc1F. The fourth-order valence-corrected chi connectivity index (χ4v) is 1.08. The zero-order chi connectivity index (χ0) is 13.1. The largest absolute Gasteiger partial charge is 0.488 e.